The molecule has 3 aromatic rings. The summed E-state index contributed by atoms with van der Waals surface area (Å²) in [7, 11) is 1.53. The predicted molar refractivity (Wildman–Crippen MR) is 117 cm³/mol. The van der Waals surface area contributed by atoms with E-state index >= 15 is 0 Å². The lowest BCUT2D eigenvalue weighted by atomic mass is 10.1. The first kappa shape index (κ1) is 21.4. The molecule has 4 rings (SSSR count). The van der Waals surface area contributed by atoms with E-state index in [1.54, 1.807) is 46.2 Å². The molecule has 0 unspecified atom stereocenters. The molecule has 0 saturated carbocycles. The lowest BCUT2D eigenvalue weighted by Crippen LogP contribution is -2.51. The molecule has 2 heterocycles. The Labute approximate surface area is 185 Å². The van der Waals surface area contributed by atoms with Crippen LogP contribution >= 0.6 is 0 Å². The molecule has 32 heavy (non-hydrogen) atoms. The average Bonchev–Trinajstić information content (AvgIpc) is 2.85. The summed E-state index contributed by atoms with van der Waals surface area (Å²) in [6.45, 7) is 1.85. The number of rotatable bonds is 5. The van der Waals surface area contributed by atoms with E-state index in [2.05, 4.69) is 10.2 Å². The Morgan fingerprint density at radius 2 is 1.66 bits per heavy atom. The molecule has 1 fully saturated rings. The smallest absolute Gasteiger partial charge is 0.253 e. The summed E-state index contributed by atoms with van der Waals surface area (Å²) in [5.74, 6) is -0.00741. The summed E-state index contributed by atoms with van der Waals surface area (Å²) < 4.78 is 18.1. The third-order valence-corrected chi connectivity index (χ3v) is 5.44. The van der Waals surface area contributed by atoms with E-state index < -0.39 is 0 Å². The van der Waals surface area contributed by atoms with E-state index in [1.807, 2.05) is 12.1 Å². The molecular weight excluding hydrogens is 411 g/mol. The van der Waals surface area contributed by atoms with E-state index in [4.69, 9.17) is 4.74 Å². The van der Waals surface area contributed by atoms with Crippen LogP contribution in [0.15, 0.2) is 60.7 Å². The van der Waals surface area contributed by atoms with Gasteiger partial charge in [0, 0.05) is 43.4 Å². The highest BCUT2D eigenvalue weighted by Gasteiger charge is 2.25. The standard InChI is InChI=1S/C24H23FN4O3/c1-32-22-10-9-21(26-27-22)18-3-2-4-19(16-18)24(31)29-13-11-28(12-14-29)23(30)15-17-5-7-20(25)8-6-17/h2-10,16H,11-15H2,1H3. The topological polar surface area (TPSA) is 75.6 Å². The third-order valence-electron chi connectivity index (χ3n) is 5.44. The minimum atomic E-state index is -0.323. The summed E-state index contributed by atoms with van der Waals surface area (Å²) >= 11 is 0. The number of halogens is 1. The monoisotopic (exact) mass is 434 g/mol. The number of ether oxygens (including phenoxy) is 1. The highest BCUT2D eigenvalue weighted by Crippen LogP contribution is 2.20. The van der Waals surface area contributed by atoms with Gasteiger partial charge in [0.25, 0.3) is 5.91 Å². The van der Waals surface area contributed by atoms with Gasteiger partial charge >= 0.3 is 0 Å². The SMILES string of the molecule is COc1ccc(-c2cccc(C(=O)N3CCN(C(=O)Cc4ccc(F)cc4)CC3)c2)nn1. The fourth-order valence-electron chi connectivity index (χ4n) is 3.62. The van der Waals surface area contributed by atoms with Gasteiger partial charge in [0.2, 0.25) is 11.8 Å². The molecule has 0 bridgehead atoms. The van der Waals surface area contributed by atoms with E-state index in [1.165, 1.54) is 19.2 Å². The van der Waals surface area contributed by atoms with Gasteiger partial charge in [-0.2, -0.15) is 0 Å². The zero-order valence-electron chi connectivity index (χ0n) is 17.7. The molecule has 1 aliphatic heterocycles. The maximum atomic E-state index is 13.0. The fourth-order valence-corrected chi connectivity index (χ4v) is 3.62. The Bertz CT molecular complexity index is 1090. The van der Waals surface area contributed by atoms with Crippen LogP contribution in [-0.2, 0) is 11.2 Å². The molecular formula is C24H23FN4O3. The number of aromatic nitrogens is 2. The zero-order chi connectivity index (χ0) is 22.5. The first-order chi connectivity index (χ1) is 15.5. The van der Waals surface area contributed by atoms with Crippen molar-refractivity contribution in [3.8, 4) is 17.1 Å². The molecule has 164 valence electrons. The van der Waals surface area contributed by atoms with E-state index in [0.29, 0.717) is 43.3 Å². The third kappa shape index (κ3) is 4.91. The van der Waals surface area contributed by atoms with Gasteiger partial charge in [-0.25, -0.2) is 4.39 Å². The highest BCUT2D eigenvalue weighted by atomic mass is 19.1. The highest BCUT2D eigenvalue weighted by molar-refractivity contribution is 5.95. The van der Waals surface area contributed by atoms with Crippen molar-refractivity contribution in [2.45, 2.75) is 6.42 Å². The van der Waals surface area contributed by atoms with Crippen LogP contribution in [-0.4, -0.2) is 65.1 Å². The van der Waals surface area contributed by atoms with Crippen LogP contribution in [0.1, 0.15) is 15.9 Å². The van der Waals surface area contributed by atoms with Gasteiger partial charge in [-0.1, -0.05) is 24.3 Å². The molecule has 7 nitrogen and oxygen atoms in total. The van der Waals surface area contributed by atoms with Crippen LogP contribution in [0, 0.1) is 5.82 Å². The summed E-state index contributed by atoms with van der Waals surface area (Å²) in [6, 6.07) is 16.7. The molecule has 1 aliphatic rings. The quantitative estimate of drug-likeness (QED) is 0.617. The van der Waals surface area contributed by atoms with E-state index in [9.17, 15) is 14.0 Å². The normalized spacial score (nSPS) is 13.7. The second kappa shape index (κ2) is 9.55. The zero-order valence-corrected chi connectivity index (χ0v) is 17.7. The number of carbonyl (C=O) groups excluding carboxylic acids is 2. The number of methoxy groups -OCH3 is 1. The number of hydrogen-bond donors (Lipinski definition) is 0. The molecule has 0 N–H and O–H groups in total. The molecule has 0 atom stereocenters. The van der Waals surface area contributed by atoms with Gasteiger partial charge in [-0.3, -0.25) is 9.59 Å². The summed E-state index contributed by atoms with van der Waals surface area (Å²) in [5.41, 5.74) is 2.77. The minimum Gasteiger partial charge on any atom is -0.480 e. The van der Waals surface area contributed by atoms with Crippen LogP contribution in [0.3, 0.4) is 0 Å². The molecule has 0 aliphatic carbocycles. The average molecular weight is 434 g/mol. The van der Waals surface area contributed by atoms with Gasteiger partial charge in [0.15, 0.2) is 0 Å². The molecule has 1 saturated heterocycles. The van der Waals surface area contributed by atoms with Gasteiger partial charge in [0.05, 0.1) is 19.2 Å². The summed E-state index contributed by atoms with van der Waals surface area (Å²) in [6.07, 6.45) is 0.221. The summed E-state index contributed by atoms with van der Waals surface area (Å²) in [4.78, 5) is 29.1. The Morgan fingerprint density at radius 1 is 0.938 bits per heavy atom. The molecule has 2 aromatic carbocycles. The largest absolute Gasteiger partial charge is 0.480 e. The van der Waals surface area contributed by atoms with Crippen LogP contribution < -0.4 is 4.74 Å². The lowest BCUT2D eigenvalue weighted by Gasteiger charge is -2.35. The molecule has 0 radical (unpaired) electrons. The number of benzene rings is 2. The van der Waals surface area contributed by atoms with Crippen molar-refractivity contribution in [3.05, 3.63) is 77.6 Å². The van der Waals surface area contributed by atoms with Gasteiger partial charge < -0.3 is 14.5 Å². The Hall–Kier alpha value is -3.81. The molecule has 8 heteroatoms. The minimum absolute atomic E-state index is 0.0243. The number of amides is 2. The van der Waals surface area contributed by atoms with Crippen molar-refractivity contribution in [1.29, 1.82) is 0 Å². The van der Waals surface area contributed by atoms with Crippen molar-refractivity contribution in [2.24, 2.45) is 0 Å². The maximum absolute atomic E-state index is 13.0. The van der Waals surface area contributed by atoms with Crippen LogP contribution in [0.25, 0.3) is 11.3 Å². The second-order valence-corrected chi connectivity index (χ2v) is 7.52. The maximum Gasteiger partial charge on any atom is 0.253 e. The van der Waals surface area contributed by atoms with Crippen LogP contribution in [0.4, 0.5) is 4.39 Å². The Kier molecular flexibility index (Phi) is 6.39. The van der Waals surface area contributed by atoms with Crippen molar-refractivity contribution >= 4 is 11.8 Å². The van der Waals surface area contributed by atoms with E-state index in [-0.39, 0.29) is 24.1 Å². The predicted octanol–water partition coefficient (Wildman–Crippen LogP) is 2.82. The van der Waals surface area contributed by atoms with Crippen molar-refractivity contribution in [3.63, 3.8) is 0 Å². The lowest BCUT2D eigenvalue weighted by molar-refractivity contribution is -0.131. The van der Waals surface area contributed by atoms with Gasteiger partial charge in [-0.15, -0.1) is 10.2 Å². The molecule has 2 amide bonds. The van der Waals surface area contributed by atoms with E-state index in [0.717, 1.165) is 11.1 Å². The van der Waals surface area contributed by atoms with Gasteiger partial charge in [-0.05, 0) is 35.9 Å². The molecule has 1 aromatic heterocycles. The second-order valence-electron chi connectivity index (χ2n) is 7.52. The Morgan fingerprint density at radius 3 is 2.31 bits per heavy atom. The van der Waals surface area contributed by atoms with Gasteiger partial charge in [0.1, 0.15) is 5.82 Å². The fraction of sp³-hybridized carbons (Fsp3) is 0.250. The van der Waals surface area contributed by atoms with Crippen molar-refractivity contribution in [2.75, 3.05) is 33.3 Å². The van der Waals surface area contributed by atoms with Crippen molar-refractivity contribution in [1.82, 2.24) is 20.0 Å². The van der Waals surface area contributed by atoms with Crippen LogP contribution in [0.5, 0.6) is 5.88 Å². The van der Waals surface area contributed by atoms with Crippen molar-refractivity contribution < 1.29 is 18.7 Å². The van der Waals surface area contributed by atoms with Crippen LogP contribution in [0.2, 0.25) is 0 Å². The molecule has 0 spiro atoms. The number of piperazine rings is 1. The summed E-state index contributed by atoms with van der Waals surface area (Å²) in [5, 5.41) is 8.11. The first-order valence-electron chi connectivity index (χ1n) is 10.3. The number of nitrogens with zero attached hydrogens (tertiary/aromatic N) is 4. The number of hydrogen-bond acceptors (Lipinski definition) is 5. The first-order valence-corrected chi connectivity index (χ1v) is 10.3. The number of carbonyl (C=O) groups is 2. The Balaban J connectivity index is 1.36.